The molecule has 1 atom stereocenters. The van der Waals surface area contributed by atoms with Gasteiger partial charge in [0.25, 0.3) is 0 Å². The van der Waals surface area contributed by atoms with Crippen molar-refractivity contribution in [2.24, 2.45) is 0 Å². The summed E-state index contributed by atoms with van der Waals surface area (Å²) in [6.07, 6.45) is 4.70. The Labute approximate surface area is 114 Å². The molecule has 0 spiro atoms. The van der Waals surface area contributed by atoms with Gasteiger partial charge in [-0.25, -0.2) is 4.68 Å². The van der Waals surface area contributed by atoms with E-state index in [0.717, 1.165) is 30.9 Å². The van der Waals surface area contributed by atoms with Crippen LogP contribution in [0.1, 0.15) is 43.3 Å². The fourth-order valence-electron chi connectivity index (χ4n) is 2.22. The van der Waals surface area contributed by atoms with Crippen molar-refractivity contribution in [3.05, 3.63) is 41.5 Å². The van der Waals surface area contributed by atoms with Gasteiger partial charge in [0.15, 0.2) is 0 Å². The first kappa shape index (κ1) is 13.7. The number of aryl methyl sites for hydroxylation is 2. The number of rotatable bonds is 6. The third kappa shape index (κ3) is 2.98. The molecule has 5 heteroatoms. The van der Waals surface area contributed by atoms with Gasteiger partial charge in [-0.3, -0.25) is 4.98 Å². The van der Waals surface area contributed by atoms with Crippen molar-refractivity contribution >= 4 is 0 Å². The average Bonchev–Trinajstić information content (AvgIpc) is 2.86. The summed E-state index contributed by atoms with van der Waals surface area (Å²) in [5, 5.41) is 11.7. The van der Waals surface area contributed by atoms with Crippen molar-refractivity contribution in [3.63, 3.8) is 0 Å². The number of nitrogens with one attached hydrogen (secondary N) is 1. The molecule has 0 saturated heterocycles. The summed E-state index contributed by atoms with van der Waals surface area (Å²) in [7, 11) is 0. The maximum atomic E-state index is 4.52. The van der Waals surface area contributed by atoms with Gasteiger partial charge in [0.1, 0.15) is 0 Å². The van der Waals surface area contributed by atoms with Gasteiger partial charge in [-0.1, -0.05) is 25.1 Å². The Morgan fingerprint density at radius 2 is 2.21 bits per heavy atom. The molecule has 0 bridgehead atoms. The zero-order chi connectivity index (χ0) is 13.7. The van der Waals surface area contributed by atoms with Gasteiger partial charge in [-0.05, 0) is 31.5 Å². The molecule has 0 saturated carbocycles. The SMILES string of the molecule is CCCn1nncc1C(NCC)c1ncccc1C. The van der Waals surface area contributed by atoms with Crippen molar-refractivity contribution in [2.45, 2.75) is 39.8 Å². The maximum Gasteiger partial charge on any atom is 0.0941 e. The van der Waals surface area contributed by atoms with Crippen molar-refractivity contribution in [3.8, 4) is 0 Å². The molecule has 1 N–H and O–H groups in total. The molecule has 0 aliphatic heterocycles. The molecule has 0 aliphatic rings. The summed E-state index contributed by atoms with van der Waals surface area (Å²) in [5.41, 5.74) is 3.30. The minimum atomic E-state index is 0.0488. The standard InChI is InChI=1S/C14H21N5/c1-4-9-19-12(10-17-18-19)14(15-5-2)13-11(3)7-6-8-16-13/h6-8,10,14-15H,4-5,9H2,1-3H3. The lowest BCUT2D eigenvalue weighted by molar-refractivity contribution is 0.505. The van der Waals surface area contributed by atoms with Crippen LogP contribution < -0.4 is 5.32 Å². The van der Waals surface area contributed by atoms with Crippen LogP contribution in [-0.2, 0) is 6.54 Å². The highest BCUT2D eigenvalue weighted by atomic mass is 15.4. The molecule has 0 aromatic carbocycles. The van der Waals surface area contributed by atoms with E-state index in [0.29, 0.717) is 0 Å². The van der Waals surface area contributed by atoms with E-state index in [4.69, 9.17) is 0 Å². The largest absolute Gasteiger partial charge is 0.304 e. The van der Waals surface area contributed by atoms with Gasteiger partial charge in [-0.15, -0.1) is 5.10 Å². The van der Waals surface area contributed by atoms with E-state index >= 15 is 0 Å². The molecule has 0 aliphatic carbocycles. The highest BCUT2D eigenvalue weighted by Gasteiger charge is 2.20. The Balaban J connectivity index is 2.40. The van der Waals surface area contributed by atoms with Crippen LogP contribution in [0.5, 0.6) is 0 Å². The monoisotopic (exact) mass is 259 g/mol. The second-order valence-electron chi connectivity index (χ2n) is 4.58. The molecular weight excluding hydrogens is 238 g/mol. The molecule has 2 aromatic heterocycles. The first-order chi connectivity index (χ1) is 9.27. The molecule has 2 rings (SSSR count). The summed E-state index contributed by atoms with van der Waals surface area (Å²) in [5.74, 6) is 0. The number of hydrogen-bond acceptors (Lipinski definition) is 4. The molecule has 0 radical (unpaired) electrons. The average molecular weight is 259 g/mol. The van der Waals surface area contributed by atoms with E-state index in [2.05, 4.69) is 47.5 Å². The van der Waals surface area contributed by atoms with Crippen LogP contribution in [0.4, 0.5) is 0 Å². The van der Waals surface area contributed by atoms with Crippen LogP contribution in [0.15, 0.2) is 24.5 Å². The molecule has 19 heavy (non-hydrogen) atoms. The van der Waals surface area contributed by atoms with E-state index in [1.165, 1.54) is 5.56 Å². The van der Waals surface area contributed by atoms with Gasteiger partial charge >= 0.3 is 0 Å². The number of aromatic nitrogens is 4. The zero-order valence-corrected chi connectivity index (χ0v) is 11.8. The quantitative estimate of drug-likeness (QED) is 0.863. The number of hydrogen-bond donors (Lipinski definition) is 1. The minimum absolute atomic E-state index is 0.0488. The first-order valence-electron chi connectivity index (χ1n) is 6.81. The molecule has 102 valence electrons. The fraction of sp³-hybridized carbons (Fsp3) is 0.500. The van der Waals surface area contributed by atoms with Crippen molar-refractivity contribution in [2.75, 3.05) is 6.54 Å². The second kappa shape index (κ2) is 6.43. The van der Waals surface area contributed by atoms with E-state index in [1.54, 1.807) is 0 Å². The highest BCUT2D eigenvalue weighted by molar-refractivity contribution is 5.27. The third-order valence-electron chi connectivity index (χ3n) is 3.11. The Hall–Kier alpha value is -1.75. The Kier molecular flexibility index (Phi) is 4.63. The van der Waals surface area contributed by atoms with Crippen LogP contribution in [-0.4, -0.2) is 26.5 Å². The summed E-state index contributed by atoms with van der Waals surface area (Å²) in [6.45, 7) is 8.07. The van der Waals surface area contributed by atoms with Crippen molar-refractivity contribution in [1.82, 2.24) is 25.3 Å². The van der Waals surface area contributed by atoms with E-state index in [1.807, 2.05) is 23.1 Å². The molecule has 1 unspecified atom stereocenters. The lowest BCUT2D eigenvalue weighted by Gasteiger charge is -2.19. The molecule has 5 nitrogen and oxygen atoms in total. The molecule has 2 aromatic rings. The van der Waals surface area contributed by atoms with Crippen LogP contribution in [0.3, 0.4) is 0 Å². The third-order valence-corrected chi connectivity index (χ3v) is 3.11. The highest BCUT2D eigenvalue weighted by Crippen LogP contribution is 2.22. The lowest BCUT2D eigenvalue weighted by atomic mass is 10.1. The second-order valence-corrected chi connectivity index (χ2v) is 4.58. The molecule has 2 heterocycles. The van der Waals surface area contributed by atoms with Crippen LogP contribution in [0.2, 0.25) is 0 Å². The zero-order valence-electron chi connectivity index (χ0n) is 11.8. The lowest BCUT2D eigenvalue weighted by Crippen LogP contribution is -2.26. The molecule has 0 fully saturated rings. The fourth-order valence-corrected chi connectivity index (χ4v) is 2.22. The van der Waals surface area contributed by atoms with Gasteiger partial charge in [0.2, 0.25) is 0 Å². The maximum absolute atomic E-state index is 4.52. The van der Waals surface area contributed by atoms with E-state index in [-0.39, 0.29) is 6.04 Å². The van der Waals surface area contributed by atoms with Gasteiger partial charge in [0, 0.05) is 12.7 Å². The van der Waals surface area contributed by atoms with Gasteiger partial charge < -0.3 is 5.32 Å². The summed E-state index contributed by atoms with van der Waals surface area (Å²) in [4.78, 5) is 4.52. The normalized spacial score (nSPS) is 12.6. The number of nitrogens with zero attached hydrogens (tertiary/aromatic N) is 4. The Morgan fingerprint density at radius 3 is 2.89 bits per heavy atom. The topological polar surface area (TPSA) is 55.6 Å². The predicted molar refractivity (Wildman–Crippen MR) is 74.8 cm³/mol. The summed E-state index contributed by atoms with van der Waals surface area (Å²) in [6, 6.07) is 4.09. The van der Waals surface area contributed by atoms with E-state index < -0.39 is 0 Å². The van der Waals surface area contributed by atoms with Crippen LogP contribution >= 0.6 is 0 Å². The number of pyridine rings is 1. The van der Waals surface area contributed by atoms with Crippen molar-refractivity contribution in [1.29, 1.82) is 0 Å². The molecule has 0 amide bonds. The van der Waals surface area contributed by atoms with Gasteiger partial charge in [0.05, 0.1) is 23.6 Å². The summed E-state index contributed by atoms with van der Waals surface area (Å²) < 4.78 is 1.96. The van der Waals surface area contributed by atoms with Crippen LogP contribution in [0.25, 0.3) is 0 Å². The summed E-state index contributed by atoms with van der Waals surface area (Å²) >= 11 is 0. The predicted octanol–water partition coefficient (Wildman–Crippen LogP) is 2.09. The molecular formula is C14H21N5. The van der Waals surface area contributed by atoms with Gasteiger partial charge in [-0.2, -0.15) is 0 Å². The smallest absolute Gasteiger partial charge is 0.0941 e. The first-order valence-corrected chi connectivity index (χ1v) is 6.81. The van der Waals surface area contributed by atoms with Crippen LogP contribution in [0, 0.1) is 6.92 Å². The Morgan fingerprint density at radius 1 is 1.37 bits per heavy atom. The van der Waals surface area contributed by atoms with E-state index in [9.17, 15) is 0 Å². The minimum Gasteiger partial charge on any atom is -0.304 e. The Bertz CT molecular complexity index is 520. The van der Waals surface area contributed by atoms with Crippen molar-refractivity contribution < 1.29 is 0 Å².